The van der Waals surface area contributed by atoms with E-state index in [4.69, 9.17) is 18.9 Å². The quantitative estimate of drug-likeness (QED) is 0.280. The van der Waals surface area contributed by atoms with Crippen LogP contribution in [0.5, 0.6) is 23.0 Å². The Kier molecular flexibility index (Phi) is 8.55. The zero-order valence-corrected chi connectivity index (χ0v) is 24.2. The maximum absolute atomic E-state index is 14.0. The van der Waals surface area contributed by atoms with Crippen molar-refractivity contribution >= 4 is 48.9 Å². The van der Waals surface area contributed by atoms with Gasteiger partial charge in [-0.2, -0.15) is 0 Å². The number of nitrogens with one attached hydrogen (secondary N) is 1. The number of thiazole rings is 1. The highest BCUT2D eigenvalue weighted by Gasteiger charge is 2.31. The number of carbonyl (C=O) groups excluding carboxylic acids is 1. The van der Waals surface area contributed by atoms with Gasteiger partial charge in [0.05, 0.1) is 49.2 Å². The number of rotatable bonds is 11. The third kappa shape index (κ3) is 5.56. The number of hydrogen-bond acceptors (Lipinski definition) is 9. The summed E-state index contributed by atoms with van der Waals surface area (Å²) in [6.07, 6.45) is 0. The Morgan fingerprint density at radius 3 is 2.25 bits per heavy atom. The van der Waals surface area contributed by atoms with E-state index in [1.54, 1.807) is 34.9 Å². The molecular formula is C27H29N3O8S2. The highest BCUT2D eigenvalue weighted by atomic mass is 32.2. The summed E-state index contributed by atoms with van der Waals surface area (Å²) in [5.41, 5.74) is 1.28. The minimum Gasteiger partial charge on any atom is -0.497 e. The van der Waals surface area contributed by atoms with Crippen molar-refractivity contribution < 1.29 is 32.2 Å². The van der Waals surface area contributed by atoms with Gasteiger partial charge in [0.1, 0.15) is 18.0 Å². The van der Waals surface area contributed by atoms with Gasteiger partial charge in [-0.15, -0.1) is 0 Å². The summed E-state index contributed by atoms with van der Waals surface area (Å²) < 4.78 is 52.6. The Bertz CT molecular complexity index is 1710. The summed E-state index contributed by atoms with van der Waals surface area (Å²) in [6.45, 7) is 1.81. The van der Waals surface area contributed by atoms with Crippen LogP contribution in [0.1, 0.15) is 6.92 Å². The number of amides is 1. The van der Waals surface area contributed by atoms with E-state index in [0.717, 1.165) is 21.2 Å². The molecule has 0 aliphatic rings. The molecule has 0 spiro atoms. The molecule has 0 unspecified atom stereocenters. The van der Waals surface area contributed by atoms with Gasteiger partial charge < -0.3 is 24.3 Å². The zero-order valence-electron chi connectivity index (χ0n) is 22.6. The summed E-state index contributed by atoms with van der Waals surface area (Å²) in [7, 11) is 1.34. The van der Waals surface area contributed by atoms with E-state index in [9.17, 15) is 18.0 Å². The van der Waals surface area contributed by atoms with Gasteiger partial charge >= 0.3 is 4.87 Å². The van der Waals surface area contributed by atoms with Gasteiger partial charge in [-0.05, 0) is 49.4 Å². The monoisotopic (exact) mass is 587 g/mol. The second-order valence-corrected chi connectivity index (χ2v) is 11.3. The van der Waals surface area contributed by atoms with Crippen molar-refractivity contribution in [3.05, 3.63) is 64.3 Å². The first-order chi connectivity index (χ1) is 19.2. The van der Waals surface area contributed by atoms with Crippen molar-refractivity contribution in [2.45, 2.75) is 18.4 Å². The predicted molar refractivity (Wildman–Crippen MR) is 154 cm³/mol. The van der Waals surface area contributed by atoms with Crippen LogP contribution in [0.4, 0.5) is 11.4 Å². The Hall–Kier alpha value is -4.23. The molecule has 3 aromatic carbocycles. The lowest BCUT2D eigenvalue weighted by atomic mass is 10.2. The molecule has 0 bridgehead atoms. The molecule has 1 amide bonds. The summed E-state index contributed by atoms with van der Waals surface area (Å²) in [6, 6.07) is 13.9. The predicted octanol–water partition coefficient (Wildman–Crippen LogP) is 3.95. The van der Waals surface area contributed by atoms with Crippen molar-refractivity contribution in [3.8, 4) is 23.0 Å². The van der Waals surface area contributed by atoms with Crippen LogP contribution < -0.4 is 33.4 Å². The third-order valence-electron chi connectivity index (χ3n) is 6.15. The van der Waals surface area contributed by atoms with Gasteiger partial charge in [-0.25, -0.2) is 8.42 Å². The van der Waals surface area contributed by atoms with Crippen LogP contribution in [0.15, 0.2) is 64.3 Å². The number of fused-ring (bicyclic) bond motifs is 1. The van der Waals surface area contributed by atoms with Crippen LogP contribution in [0.2, 0.25) is 0 Å². The smallest absolute Gasteiger partial charge is 0.308 e. The highest BCUT2D eigenvalue weighted by molar-refractivity contribution is 7.92. The fourth-order valence-electron chi connectivity index (χ4n) is 4.17. The molecule has 1 heterocycles. The first-order valence-corrected chi connectivity index (χ1v) is 14.3. The number of hydrogen-bond donors (Lipinski definition) is 1. The van der Waals surface area contributed by atoms with E-state index in [1.165, 1.54) is 52.7 Å². The fourth-order valence-corrected chi connectivity index (χ4v) is 6.60. The van der Waals surface area contributed by atoms with Crippen molar-refractivity contribution in [1.82, 2.24) is 4.57 Å². The maximum atomic E-state index is 14.0. The standard InChI is InChI=1S/C27H29N3O8S2/c1-6-29-20-10-7-17(13-25(20)39-27(29)32)28-26(31)16-30(21-14-18(35-2)8-11-22(21)36-3)40(33,34)19-9-12-23(37-4)24(15-19)38-5/h7-15H,6,16H2,1-5H3,(H,28,31). The second kappa shape index (κ2) is 11.9. The summed E-state index contributed by atoms with van der Waals surface area (Å²) >= 11 is 1.07. The van der Waals surface area contributed by atoms with Crippen molar-refractivity contribution in [2.75, 3.05) is 44.6 Å². The number of benzene rings is 3. The molecule has 13 heteroatoms. The molecule has 11 nitrogen and oxygen atoms in total. The molecule has 0 saturated carbocycles. The molecule has 4 rings (SSSR count). The van der Waals surface area contributed by atoms with Crippen molar-refractivity contribution in [2.24, 2.45) is 0 Å². The van der Waals surface area contributed by atoms with E-state index < -0.39 is 22.5 Å². The second-order valence-electron chi connectivity index (χ2n) is 8.41. The van der Waals surface area contributed by atoms with E-state index >= 15 is 0 Å². The largest absolute Gasteiger partial charge is 0.497 e. The van der Waals surface area contributed by atoms with Crippen LogP contribution >= 0.6 is 11.3 Å². The van der Waals surface area contributed by atoms with Crippen LogP contribution in [-0.2, 0) is 21.4 Å². The number of sulfonamides is 1. The molecule has 1 N–H and O–H groups in total. The van der Waals surface area contributed by atoms with E-state index in [0.29, 0.717) is 28.4 Å². The summed E-state index contributed by atoms with van der Waals surface area (Å²) in [4.78, 5) is 25.3. The molecular weight excluding hydrogens is 558 g/mol. The third-order valence-corrected chi connectivity index (χ3v) is 8.85. The number of aryl methyl sites for hydroxylation is 1. The number of carbonyl (C=O) groups is 1. The van der Waals surface area contributed by atoms with Crippen molar-refractivity contribution in [3.63, 3.8) is 0 Å². The van der Waals surface area contributed by atoms with Crippen LogP contribution in [0.25, 0.3) is 10.2 Å². The minimum atomic E-state index is -4.34. The zero-order chi connectivity index (χ0) is 29.0. The molecule has 40 heavy (non-hydrogen) atoms. The van der Waals surface area contributed by atoms with E-state index in [2.05, 4.69) is 5.32 Å². The Morgan fingerprint density at radius 1 is 0.900 bits per heavy atom. The van der Waals surface area contributed by atoms with Gasteiger partial charge in [0, 0.05) is 24.4 Å². The van der Waals surface area contributed by atoms with Gasteiger partial charge in [0.25, 0.3) is 10.0 Å². The molecule has 0 aliphatic carbocycles. The average Bonchev–Trinajstić information content (AvgIpc) is 3.28. The molecule has 0 aliphatic heterocycles. The van der Waals surface area contributed by atoms with Crippen LogP contribution in [-0.4, -0.2) is 53.9 Å². The number of aromatic nitrogens is 1. The van der Waals surface area contributed by atoms with Gasteiger partial charge in [-0.1, -0.05) is 11.3 Å². The van der Waals surface area contributed by atoms with Crippen LogP contribution in [0.3, 0.4) is 0 Å². The SMILES string of the molecule is CCn1c(=O)sc2cc(NC(=O)CN(c3cc(OC)ccc3OC)S(=O)(=O)c3ccc(OC)c(OC)c3)ccc21. The van der Waals surface area contributed by atoms with E-state index in [-0.39, 0.29) is 27.0 Å². The number of nitrogens with zero attached hydrogens (tertiary/aromatic N) is 2. The molecule has 0 saturated heterocycles. The van der Waals surface area contributed by atoms with Gasteiger partial charge in [0.2, 0.25) is 5.91 Å². The maximum Gasteiger partial charge on any atom is 0.308 e. The highest BCUT2D eigenvalue weighted by Crippen LogP contribution is 2.37. The van der Waals surface area contributed by atoms with Crippen LogP contribution in [0, 0.1) is 0 Å². The lowest BCUT2D eigenvalue weighted by Crippen LogP contribution is -2.38. The number of anilines is 2. The molecule has 212 valence electrons. The van der Waals surface area contributed by atoms with Gasteiger partial charge in [0.15, 0.2) is 11.5 Å². The molecule has 0 atom stereocenters. The minimum absolute atomic E-state index is 0.0977. The first kappa shape index (κ1) is 28.8. The Balaban J connectivity index is 1.75. The molecule has 0 radical (unpaired) electrons. The molecule has 4 aromatic rings. The first-order valence-electron chi connectivity index (χ1n) is 12.1. The summed E-state index contributed by atoms with van der Waals surface area (Å²) in [5, 5.41) is 2.75. The van der Waals surface area contributed by atoms with E-state index in [1.807, 2.05) is 6.92 Å². The topological polar surface area (TPSA) is 125 Å². The Morgan fingerprint density at radius 2 is 1.60 bits per heavy atom. The number of methoxy groups -OCH3 is 4. The lowest BCUT2D eigenvalue weighted by molar-refractivity contribution is -0.114. The normalized spacial score (nSPS) is 11.2. The summed E-state index contributed by atoms with van der Waals surface area (Å²) in [5.74, 6) is 0.515. The van der Waals surface area contributed by atoms with Crippen molar-refractivity contribution in [1.29, 1.82) is 0 Å². The number of ether oxygens (including phenoxy) is 4. The Labute approximate surface area is 235 Å². The molecule has 1 aromatic heterocycles. The lowest BCUT2D eigenvalue weighted by Gasteiger charge is -2.26. The average molecular weight is 588 g/mol. The molecule has 0 fully saturated rings. The fraction of sp³-hybridized carbons (Fsp3) is 0.259. The van der Waals surface area contributed by atoms with Gasteiger partial charge in [-0.3, -0.25) is 18.5 Å².